The molecule has 118 valence electrons. The van der Waals surface area contributed by atoms with Crippen LogP contribution in [-0.4, -0.2) is 19.8 Å². The van der Waals surface area contributed by atoms with Crippen LogP contribution in [0.5, 0.6) is 17.2 Å². The molecule has 0 saturated carbocycles. The van der Waals surface area contributed by atoms with E-state index in [2.05, 4.69) is 0 Å². The summed E-state index contributed by atoms with van der Waals surface area (Å²) in [6, 6.07) is 15.2. The molecule has 0 aliphatic heterocycles. The standard InChI is InChI=1S/C18H21ClO3/c1-2-20-15-8-7-9-16(14-15)21-12-5-6-13-22-18-11-4-3-10-17(18)19/h3-4,7-11,14H,2,5-6,12-13H2,1H3. The fourth-order valence-corrected chi connectivity index (χ4v) is 2.15. The molecule has 2 aromatic carbocycles. The van der Waals surface area contributed by atoms with Gasteiger partial charge in [-0.05, 0) is 44.0 Å². The maximum atomic E-state index is 6.02. The van der Waals surface area contributed by atoms with Crippen LogP contribution in [0, 0.1) is 0 Å². The summed E-state index contributed by atoms with van der Waals surface area (Å²) in [6.45, 7) is 3.91. The first kappa shape index (κ1) is 16.5. The summed E-state index contributed by atoms with van der Waals surface area (Å²) in [5.41, 5.74) is 0. The van der Waals surface area contributed by atoms with Crippen LogP contribution in [0.4, 0.5) is 0 Å². The zero-order valence-corrected chi connectivity index (χ0v) is 13.5. The highest BCUT2D eigenvalue weighted by Crippen LogP contribution is 2.23. The smallest absolute Gasteiger partial charge is 0.137 e. The third kappa shape index (κ3) is 5.49. The average Bonchev–Trinajstić information content (AvgIpc) is 2.53. The van der Waals surface area contributed by atoms with Crippen LogP contribution >= 0.6 is 11.6 Å². The second kappa shape index (κ2) is 9.21. The molecule has 2 rings (SSSR count). The van der Waals surface area contributed by atoms with E-state index in [9.17, 15) is 0 Å². The first-order valence-corrected chi connectivity index (χ1v) is 7.90. The molecule has 0 amide bonds. The van der Waals surface area contributed by atoms with Gasteiger partial charge in [-0.25, -0.2) is 0 Å². The Bertz CT molecular complexity index is 572. The van der Waals surface area contributed by atoms with Crippen molar-refractivity contribution in [1.29, 1.82) is 0 Å². The molecule has 0 aromatic heterocycles. The summed E-state index contributed by atoms with van der Waals surface area (Å²) in [6.07, 6.45) is 1.83. The molecule has 0 saturated heterocycles. The van der Waals surface area contributed by atoms with E-state index < -0.39 is 0 Å². The van der Waals surface area contributed by atoms with E-state index >= 15 is 0 Å². The highest BCUT2D eigenvalue weighted by molar-refractivity contribution is 6.32. The van der Waals surface area contributed by atoms with Gasteiger partial charge in [0.15, 0.2) is 0 Å². The van der Waals surface area contributed by atoms with Crippen LogP contribution in [0.2, 0.25) is 5.02 Å². The van der Waals surface area contributed by atoms with Crippen molar-refractivity contribution in [2.75, 3.05) is 19.8 Å². The molecule has 0 aliphatic rings. The van der Waals surface area contributed by atoms with Gasteiger partial charge in [-0.1, -0.05) is 29.8 Å². The fraction of sp³-hybridized carbons (Fsp3) is 0.333. The zero-order chi connectivity index (χ0) is 15.6. The average molecular weight is 321 g/mol. The van der Waals surface area contributed by atoms with Crippen LogP contribution in [0.25, 0.3) is 0 Å². The summed E-state index contributed by atoms with van der Waals surface area (Å²) in [5.74, 6) is 2.40. The number of para-hydroxylation sites is 1. The lowest BCUT2D eigenvalue weighted by Gasteiger charge is -2.09. The molecule has 0 unspecified atom stereocenters. The number of benzene rings is 2. The Kier molecular flexibility index (Phi) is 6.91. The Morgan fingerprint density at radius 1 is 0.818 bits per heavy atom. The molecule has 0 heterocycles. The Morgan fingerprint density at radius 2 is 1.50 bits per heavy atom. The lowest BCUT2D eigenvalue weighted by molar-refractivity contribution is 0.265. The van der Waals surface area contributed by atoms with Crippen molar-refractivity contribution >= 4 is 11.6 Å². The largest absolute Gasteiger partial charge is 0.494 e. The summed E-state index contributed by atoms with van der Waals surface area (Å²) in [5, 5.41) is 0.645. The number of hydrogen-bond acceptors (Lipinski definition) is 3. The summed E-state index contributed by atoms with van der Waals surface area (Å²) in [4.78, 5) is 0. The van der Waals surface area contributed by atoms with E-state index in [4.69, 9.17) is 25.8 Å². The van der Waals surface area contributed by atoms with Gasteiger partial charge in [0.2, 0.25) is 0 Å². The minimum Gasteiger partial charge on any atom is -0.494 e. The quantitative estimate of drug-likeness (QED) is 0.610. The van der Waals surface area contributed by atoms with Crippen LogP contribution in [0.1, 0.15) is 19.8 Å². The lowest BCUT2D eigenvalue weighted by atomic mass is 10.3. The molecule has 0 N–H and O–H groups in total. The molecule has 4 heteroatoms. The predicted octanol–water partition coefficient (Wildman–Crippen LogP) is 4.98. The summed E-state index contributed by atoms with van der Waals surface area (Å²) >= 11 is 6.02. The molecule has 22 heavy (non-hydrogen) atoms. The number of ether oxygens (including phenoxy) is 3. The molecular weight excluding hydrogens is 300 g/mol. The minimum absolute atomic E-state index is 0.631. The molecule has 0 fully saturated rings. The first-order chi connectivity index (χ1) is 10.8. The van der Waals surface area contributed by atoms with Gasteiger partial charge in [0, 0.05) is 6.07 Å². The Morgan fingerprint density at radius 3 is 2.23 bits per heavy atom. The molecule has 0 atom stereocenters. The van der Waals surface area contributed by atoms with Crippen molar-refractivity contribution in [3.8, 4) is 17.2 Å². The Hall–Kier alpha value is -1.87. The van der Waals surface area contributed by atoms with Gasteiger partial charge in [0.1, 0.15) is 17.2 Å². The van der Waals surface area contributed by atoms with Gasteiger partial charge < -0.3 is 14.2 Å². The van der Waals surface area contributed by atoms with Crippen molar-refractivity contribution in [1.82, 2.24) is 0 Å². The normalized spacial score (nSPS) is 10.3. The second-order valence-electron chi connectivity index (χ2n) is 4.74. The number of hydrogen-bond donors (Lipinski definition) is 0. The third-order valence-electron chi connectivity index (χ3n) is 3.02. The predicted molar refractivity (Wildman–Crippen MR) is 89.3 cm³/mol. The van der Waals surface area contributed by atoms with Gasteiger partial charge in [0.05, 0.1) is 24.8 Å². The van der Waals surface area contributed by atoms with E-state index in [-0.39, 0.29) is 0 Å². The Balaban J connectivity index is 1.63. The molecule has 0 radical (unpaired) electrons. The molecular formula is C18H21ClO3. The maximum absolute atomic E-state index is 6.02. The lowest BCUT2D eigenvalue weighted by Crippen LogP contribution is -2.03. The van der Waals surface area contributed by atoms with Crippen LogP contribution in [0.3, 0.4) is 0 Å². The Labute approximate surface area is 136 Å². The van der Waals surface area contributed by atoms with Gasteiger partial charge in [-0.2, -0.15) is 0 Å². The third-order valence-corrected chi connectivity index (χ3v) is 3.33. The van der Waals surface area contributed by atoms with E-state index in [0.717, 1.165) is 30.1 Å². The summed E-state index contributed by atoms with van der Waals surface area (Å²) in [7, 11) is 0. The highest BCUT2D eigenvalue weighted by atomic mass is 35.5. The molecule has 0 aliphatic carbocycles. The molecule has 0 bridgehead atoms. The van der Waals surface area contributed by atoms with Gasteiger partial charge in [0.25, 0.3) is 0 Å². The van der Waals surface area contributed by atoms with Crippen LogP contribution < -0.4 is 14.2 Å². The molecule has 3 nitrogen and oxygen atoms in total. The minimum atomic E-state index is 0.631. The van der Waals surface area contributed by atoms with Gasteiger partial charge >= 0.3 is 0 Å². The van der Waals surface area contributed by atoms with Gasteiger partial charge in [-0.3, -0.25) is 0 Å². The number of halogens is 1. The topological polar surface area (TPSA) is 27.7 Å². The highest BCUT2D eigenvalue weighted by Gasteiger charge is 2.00. The van der Waals surface area contributed by atoms with E-state index in [1.807, 2.05) is 55.5 Å². The number of unbranched alkanes of at least 4 members (excludes halogenated alkanes) is 1. The SMILES string of the molecule is CCOc1cccc(OCCCCOc2ccccc2Cl)c1. The van der Waals surface area contributed by atoms with Crippen LogP contribution in [0.15, 0.2) is 48.5 Å². The summed E-state index contributed by atoms with van der Waals surface area (Å²) < 4.78 is 16.8. The van der Waals surface area contributed by atoms with E-state index in [1.165, 1.54) is 0 Å². The van der Waals surface area contributed by atoms with Crippen molar-refractivity contribution < 1.29 is 14.2 Å². The van der Waals surface area contributed by atoms with E-state index in [0.29, 0.717) is 24.8 Å². The molecule has 0 spiro atoms. The van der Waals surface area contributed by atoms with E-state index in [1.54, 1.807) is 0 Å². The van der Waals surface area contributed by atoms with Crippen molar-refractivity contribution in [2.24, 2.45) is 0 Å². The second-order valence-corrected chi connectivity index (χ2v) is 5.15. The van der Waals surface area contributed by atoms with Crippen molar-refractivity contribution in [2.45, 2.75) is 19.8 Å². The first-order valence-electron chi connectivity index (χ1n) is 7.52. The zero-order valence-electron chi connectivity index (χ0n) is 12.8. The van der Waals surface area contributed by atoms with Crippen molar-refractivity contribution in [3.05, 3.63) is 53.6 Å². The molecule has 2 aromatic rings. The monoisotopic (exact) mass is 320 g/mol. The fourth-order valence-electron chi connectivity index (χ4n) is 1.96. The van der Waals surface area contributed by atoms with Crippen molar-refractivity contribution in [3.63, 3.8) is 0 Å². The maximum Gasteiger partial charge on any atom is 0.137 e. The number of rotatable bonds is 9. The van der Waals surface area contributed by atoms with Crippen LogP contribution in [-0.2, 0) is 0 Å². The van der Waals surface area contributed by atoms with Gasteiger partial charge in [-0.15, -0.1) is 0 Å².